The van der Waals surface area contributed by atoms with Crippen LogP contribution in [0, 0.1) is 11.1 Å². The largest absolute Gasteiger partial charge is 0.619 e. The maximum Gasteiger partial charge on any atom is 0.387 e. The number of carbonyl (C=O) groups excluding carboxylic acids is 1. The molecule has 2 aromatic heterocycles. The SMILES string of the molecule is Cn1ccnc1S(=O)(=O)N1CCCC1C(=O)OC(Cc1c(Cl)c[n+]([O-])cc1Cl)c1ccc(OC(F)F)c(OCC2CC2)c1. The molecule has 2 aliphatic rings. The Bertz CT molecular complexity index is 1580. The summed E-state index contributed by atoms with van der Waals surface area (Å²) in [5.74, 6) is -0.717. The third-order valence-corrected chi connectivity index (χ3v) is 9.79. The van der Waals surface area contributed by atoms with E-state index in [9.17, 15) is 27.2 Å². The van der Waals surface area contributed by atoms with Gasteiger partial charge in [0.2, 0.25) is 5.16 Å². The molecule has 16 heteroatoms. The lowest BCUT2D eigenvalue weighted by Gasteiger charge is -2.26. The molecule has 43 heavy (non-hydrogen) atoms. The second kappa shape index (κ2) is 12.8. The van der Waals surface area contributed by atoms with E-state index in [1.807, 2.05) is 0 Å². The molecule has 0 amide bonds. The lowest BCUT2D eigenvalue weighted by atomic mass is 10.0. The number of hydrogen-bond donors (Lipinski definition) is 0. The van der Waals surface area contributed by atoms with Gasteiger partial charge in [-0.3, -0.25) is 4.79 Å². The maximum atomic E-state index is 13.6. The molecule has 2 fully saturated rings. The van der Waals surface area contributed by atoms with E-state index in [0.717, 1.165) is 29.5 Å². The predicted octanol–water partition coefficient (Wildman–Crippen LogP) is 4.43. The lowest BCUT2D eigenvalue weighted by molar-refractivity contribution is -0.605. The van der Waals surface area contributed by atoms with Gasteiger partial charge >= 0.3 is 12.6 Å². The normalized spacial score (nSPS) is 18.1. The van der Waals surface area contributed by atoms with E-state index in [4.69, 9.17) is 32.7 Å². The Morgan fingerprint density at radius 1 is 1.19 bits per heavy atom. The van der Waals surface area contributed by atoms with Crippen LogP contribution in [-0.2, 0) is 33.0 Å². The van der Waals surface area contributed by atoms with Crippen molar-refractivity contribution < 1.29 is 40.9 Å². The molecule has 0 radical (unpaired) electrons. The zero-order chi connectivity index (χ0) is 30.9. The molecule has 0 bridgehead atoms. The van der Waals surface area contributed by atoms with Crippen LogP contribution in [0.5, 0.6) is 11.5 Å². The summed E-state index contributed by atoms with van der Waals surface area (Å²) in [6.45, 7) is -2.73. The fraction of sp³-hybridized carbons (Fsp3) is 0.444. The highest BCUT2D eigenvalue weighted by Crippen LogP contribution is 2.38. The van der Waals surface area contributed by atoms with E-state index in [-0.39, 0.29) is 58.3 Å². The first-order valence-electron chi connectivity index (χ1n) is 13.4. The second-order valence-electron chi connectivity index (χ2n) is 10.4. The van der Waals surface area contributed by atoms with Crippen molar-refractivity contribution >= 4 is 39.2 Å². The van der Waals surface area contributed by atoms with Crippen molar-refractivity contribution in [1.29, 1.82) is 0 Å². The third-order valence-electron chi connectivity index (χ3n) is 7.22. The van der Waals surface area contributed by atoms with Crippen LogP contribution in [-0.4, -0.2) is 54.0 Å². The zero-order valence-corrected chi connectivity index (χ0v) is 25.2. The van der Waals surface area contributed by atoms with Gasteiger partial charge in [-0.1, -0.05) is 29.3 Å². The van der Waals surface area contributed by atoms with Crippen LogP contribution in [0.25, 0.3) is 0 Å². The predicted molar refractivity (Wildman–Crippen MR) is 149 cm³/mol. The van der Waals surface area contributed by atoms with Crippen molar-refractivity contribution in [2.45, 2.75) is 56.0 Å². The molecule has 1 aliphatic heterocycles. The van der Waals surface area contributed by atoms with Gasteiger partial charge in [0.05, 0.1) is 6.61 Å². The maximum absolute atomic E-state index is 13.6. The van der Waals surface area contributed by atoms with Crippen LogP contribution in [0.1, 0.15) is 42.9 Å². The Morgan fingerprint density at radius 3 is 2.53 bits per heavy atom. The van der Waals surface area contributed by atoms with Crippen molar-refractivity contribution in [3.8, 4) is 11.5 Å². The number of nitrogens with zero attached hydrogens (tertiary/aromatic N) is 4. The number of esters is 1. The van der Waals surface area contributed by atoms with Gasteiger partial charge in [-0.15, -0.1) is 0 Å². The van der Waals surface area contributed by atoms with Crippen molar-refractivity contribution in [1.82, 2.24) is 13.9 Å². The molecule has 1 saturated heterocycles. The van der Waals surface area contributed by atoms with Gasteiger partial charge in [0.25, 0.3) is 10.0 Å². The van der Waals surface area contributed by atoms with Gasteiger partial charge in [-0.25, -0.2) is 13.4 Å². The van der Waals surface area contributed by atoms with Crippen LogP contribution >= 0.6 is 23.2 Å². The van der Waals surface area contributed by atoms with Crippen molar-refractivity contribution in [3.63, 3.8) is 0 Å². The number of pyridine rings is 1. The number of carbonyl (C=O) groups is 1. The van der Waals surface area contributed by atoms with E-state index < -0.39 is 34.7 Å². The Hall–Kier alpha value is -3.20. The highest BCUT2D eigenvalue weighted by molar-refractivity contribution is 7.89. The summed E-state index contributed by atoms with van der Waals surface area (Å²) >= 11 is 12.6. The van der Waals surface area contributed by atoms with E-state index in [0.29, 0.717) is 22.6 Å². The first-order valence-corrected chi connectivity index (χ1v) is 15.6. The Kier molecular flexibility index (Phi) is 9.30. The molecular formula is C27H28Cl2F2N4O7S. The van der Waals surface area contributed by atoms with E-state index in [1.54, 1.807) is 0 Å². The average molecular weight is 662 g/mol. The fourth-order valence-electron chi connectivity index (χ4n) is 4.85. The number of sulfonamides is 1. The molecule has 2 unspecified atom stereocenters. The number of ether oxygens (including phenoxy) is 3. The monoisotopic (exact) mass is 660 g/mol. The molecule has 5 rings (SSSR count). The summed E-state index contributed by atoms with van der Waals surface area (Å²) in [5.41, 5.74) is 0.605. The zero-order valence-electron chi connectivity index (χ0n) is 22.9. The first kappa shape index (κ1) is 31.2. The minimum Gasteiger partial charge on any atom is -0.619 e. The molecule has 2 atom stereocenters. The number of aryl methyl sites for hydroxylation is 1. The summed E-state index contributed by atoms with van der Waals surface area (Å²) in [5, 5.41) is 11.6. The second-order valence-corrected chi connectivity index (χ2v) is 13.0. The quantitative estimate of drug-likeness (QED) is 0.159. The van der Waals surface area contributed by atoms with Crippen molar-refractivity contribution in [2.24, 2.45) is 13.0 Å². The number of halogens is 4. The number of aromatic nitrogens is 3. The molecule has 3 heterocycles. The van der Waals surface area contributed by atoms with Gasteiger partial charge in [0.1, 0.15) is 22.2 Å². The minimum absolute atomic E-state index is 0.00580. The van der Waals surface area contributed by atoms with Gasteiger partial charge < -0.3 is 24.0 Å². The van der Waals surface area contributed by atoms with Crippen LogP contribution < -0.4 is 14.2 Å². The molecular weight excluding hydrogens is 633 g/mol. The molecule has 11 nitrogen and oxygen atoms in total. The van der Waals surface area contributed by atoms with Crippen molar-refractivity contribution in [2.75, 3.05) is 13.2 Å². The lowest BCUT2D eigenvalue weighted by Crippen LogP contribution is -2.42. The number of rotatable bonds is 12. The summed E-state index contributed by atoms with van der Waals surface area (Å²) in [6, 6.07) is 2.97. The highest BCUT2D eigenvalue weighted by Gasteiger charge is 2.43. The molecule has 1 aliphatic carbocycles. The van der Waals surface area contributed by atoms with Crippen LogP contribution in [0.2, 0.25) is 10.0 Å². The fourth-order valence-corrected chi connectivity index (χ4v) is 7.17. The summed E-state index contributed by atoms with van der Waals surface area (Å²) < 4.78 is 72.2. The molecule has 0 spiro atoms. The Balaban J connectivity index is 1.48. The van der Waals surface area contributed by atoms with E-state index in [1.165, 1.54) is 42.2 Å². The molecule has 1 saturated carbocycles. The number of alkyl halides is 2. The number of hydrogen-bond acceptors (Lipinski definition) is 8. The Morgan fingerprint density at radius 2 is 1.91 bits per heavy atom. The van der Waals surface area contributed by atoms with Crippen LogP contribution in [0.15, 0.2) is 48.1 Å². The summed E-state index contributed by atoms with van der Waals surface area (Å²) in [6.07, 6.45) is 6.26. The van der Waals surface area contributed by atoms with Crippen LogP contribution in [0.3, 0.4) is 0 Å². The molecule has 3 aromatic rings. The summed E-state index contributed by atoms with van der Waals surface area (Å²) in [7, 11) is -2.60. The van der Waals surface area contributed by atoms with Crippen LogP contribution in [0.4, 0.5) is 8.78 Å². The topological polar surface area (TPSA) is 127 Å². The first-order chi connectivity index (χ1) is 20.4. The van der Waals surface area contributed by atoms with Gasteiger partial charge in [0, 0.05) is 38.0 Å². The van der Waals surface area contributed by atoms with Gasteiger partial charge in [-0.2, -0.15) is 17.8 Å². The number of benzene rings is 1. The molecule has 0 N–H and O–H groups in total. The molecule has 1 aromatic carbocycles. The third kappa shape index (κ3) is 7.14. The highest BCUT2D eigenvalue weighted by atomic mass is 35.5. The standard InChI is InChI=1S/C27H28Cl2F2N4O7S/c1-33-10-8-32-27(33)43(38,39)35-9-2-3-21(35)25(36)41-23(12-18-19(28)13-34(37)14-20(18)29)17-6-7-22(42-26(30)31)24(11-17)40-15-16-4-5-16/h6-8,10-11,13-14,16,21,23,26H,2-5,9,12,15H2,1H3. The Labute approximate surface area is 256 Å². The smallest absolute Gasteiger partial charge is 0.387 e. The minimum atomic E-state index is -4.13. The molecule has 232 valence electrons. The van der Waals surface area contributed by atoms with Gasteiger partial charge in [0.15, 0.2) is 23.9 Å². The van der Waals surface area contributed by atoms with E-state index in [2.05, 4.69) is 9.72 Å². The van der Waals surface area contributed by atoms with Gasteiger partial charge in [-0.05, 0) is 49.3 Å². The van der Waals surface area contributed by atoms with Crippen molar-refractivity contribution in [3.05, 3.63) is 69.4 Å². The van der Waals surface area contributed by atoms with E-state index >= 15 is 0 Å². The number of imidazole rings is 1. The average Bonchev–Trinajstić information content (AvgIpc) is 3.42. The summed E-state index contributed by atoms with van der Waals surface area (Å²) in [4.78, 5) is 17.6.